The number of pyridine rings is 1. The van der Waals surface area contributed by atoms with Crippen LogP contribution < -0.4 is 5.56 Å². The normalized spacial score (nSPS) is 17.3. The van der Waals surface area contributed by atoms with Gasteiger partial charge in [0.15, 0.2) is 0 Å². The van der Waals surface area contributed by atoms with Crippen molar-refractivity contribution in [2.75, 3.05) is 32.4 Å². The highest BCUT2D eigenvalue weighted by Gasteiger charge is 2.24. The Morgan fingerprint density at radius 3 is 2.55 bits per heavy atom. The topological polar surface area (TPSA) is 79.7 Å². The van der Waals surface area contributed by atoms with Gasteiger partial charge in [-0.3, -0.25) is 9.59 Å². The van der Waals surface area contributed by atoms with Gasteiger partial charge in [0, 0.05) is 50.6 Å². The molecule has 0 bridgehead atoms. The first-order chi connectivity index (χ1) is 10.3. The van der Waals surface area contributed by atoms with Crippen LogP contribution in [0, 0.1) is 0 Å². The van der Waals surface area contributed by atoms with Crippen molar-refractivity contribution in [3.05, 3.63) is 34.2 Å². The van der Waals surface area contributed by atoms with E-state index in [1.165, 1.54) is 21.2 Å². The Morgan fingerprint density at radius 1 is 1.23 bits per heavy atom. The zero-order chi connectivity index (χ0) is 16.3. The maximum Gasteiger partial charge on any atom is 0.254 e. The first-order valence-electron chi connectivity index (χ1n) is 7.28. The average molecular weight is 327 g/mol. The average Bonchev–Trinajstić information content (AvgIpc) is 2.72. The van der Waals surface area contributed by atoms with Crippen molar-refractivity contribution in [3.63, 3.8) is 0 Å². The fraction of sp³-hybridized carbons (Fsp3) is 0.571. The van der Waals surface area contributed by atoms with Gasteiger partial charge in [0.2, 0.25) is 10.0 Å². The van der Waals surface area contributed by atoms with Gasteiger partial charge in [0.25, 0.3) is 11.5 Å². The summed E-state index contributed by atoms with van der Waals surface area (Å²) in [6.45, 7) is 3.94. The molecule has 8 heteroatoms. The van der Waals surface area contributed by atoms with Crippen LogP contribution in [0.2, 0.25) is 0 Å². The maximum atomic E-state index is 12.5. The number of carbonyl (C=O) groups is 1. The second-order valence-corrected chi connectivity index (χ2v) is 7.33. The van der Waals surface area contributed by atoms with Crippen LogP contribution in [0.1, 0.15) is 23.7 Å². The number of nitrogens with zero attached hydrogens (tertiary/aromatic N) is 3. The van der Waals surface area contributed by atoms with Crippen molar-refractivity contribution in [2.45, 2.75) is 19.9 Å². The third-order valence-corrected chi connectivity index (χ3v) is 5.10. The molecule has 0 atom stereocenters. The molecule has 1 fully saturated rings. The largest absolute Gasteiger partial charge is 0.337 e. The van der Waals surface area contributed by atoms with Crippen LogP contribution in [0.25, 0.3) is 0 Å². The smallest absolute Gasteiger partial charge is 0.254 e. The highest BCUT2D eigenvalue weighted by molar-refractivity contribution is 7.88. The summed E-state index contributed by atoms with van der Waals surface area (Å²) < 4.78 is 26.1. The summed E-state index contributed by atoms with van der Waals surface area (Å²) in [5.74, 6) is -0.226. The SMILES string of the molecule is CCn1ccc(C(=O)N2CCCN(S(C)(=O)=O)CC2)cc1=O. The predicted molar refractivity (Wildman–Crippen MR) is 83.3 cm³/mol. The molecule has 1 saturated heterocycles. The van der Waals surface area contributed by atoms with Crippen molar-refractivity contribution in [1.29, 1.82) is 0 Å². The summed E-state index contributed by atoms with van der Waals surface area (Å²) in [6, 6.07) is 2.97. The molecule has 1 aromatic heterocycles. The molecule has 0 N–H and O–H groups in total. The van der Waals surface area contributed by atoms with E-state index in [0.29, 0.717) is 38.2 Å². The third kappa shape index (κ3) is 3.75. The molecule has 0 aromatic carbocycles. The Kier molecular flexibility index (Phi) is 5.02. The number of sulfonamides is 1. The van der Waals surface area contributed by atoms with Crippen LogP contribution in [0.5, 0.6) is 0 Å². The van der Waals surface area contributed by atoms with Crippen molar-refractivity contribution in [2.24, 2.45) is 0 Å². The standard InChI is InChI=1S/C14H21N3O4S/c1-3-15-8-5-12(11-13(15)18)14(19)16-6-4-7-17(10-9-16)22(2,20)21/h5,8,11H,3-4,6-7,9-10H2,1-2H3. The van der Waals surface area contributed by atoms with Crippen LogP contribution in [0.15, 0.2) is 23.1 Å². The molecule has 122 valence electrons. The highest BCUT2D eigenvalue weighted by Crippen LogP contribution is 2.10. The summed E-state index contributed by atoms with van der Waals surface area (Å²) in [7, 11) is -3.24. The van der Waals surface area contributed by atoms with E-state index >= 15 is 0 Å². The lowest BCUT2D eigenvalue weighted by atomic mass is 10.2. The molecule has 7 nitrogen and oxygen atoms in total. The summed E-state index contributed by atoms with van der Waals surface area (Å²) in [5, 5.41) is 0. The van der Waals surface area contributed by atoms with Crippen molar-refractivity contribution in [3.8, 4) is 0 Å². The highest BCUT2D eigenvalue weighted by atomic mass is 32.2. The summed E-state index contributed by atoms with van der Waals surface area (Å²) in [6.07, 6.45) is 3.37. The van der Waals surface area contributed by atoms with E-state index in [-0.39, 0.29) is 18.0 Å². The Hall–Kier alpha value is -1.67. The van der Waals surface area contributed by atoms with Crippen LogP contribution >= 0.6 is 0 Å². The molecule has 22 heavy (non-hydrogen) atoms. The summed E-state index contributed by atoms with van der Waals surface area (Å²) in [5.41, 5.74) is 0.142. The number of hydrogen-bond donors (Lipinski definition) is 0. The van der Waals surface area contributed by atoms with Crippen LogP contribution in [0.4, 0.5) is 0 Å². The fourth-order valence-corrected chi connectivity index (χ4v) is 3.39. The van der Waals surface area contributed by atoms with E-state index in [2.05, 4.69) is 0 Å². The van der Waals surface area contributed by atoms with Crippen LogP contribution in [0.3, 0.4) is 0 Å². The van der Waals surface area contributed by atoms with Crippen molar-refractivity contribution < 1.29 is 13.2 Å². The summed E-state index contributed by atoms with van der Waals surface area (Å²) >= 11 is 0. The molecule has 0 aliphatic carbocycles. The number of carbonyl (C=O) groups excluding carboxylic acids is 1. The zero-order valence-electron chi connectivity index (χ0n) is 12.9. The third-order valence-electron chi connectivity index (χ3n) is 3.79. The number of rotatable bonds is 3. The van der Waals surface area contributed by atoms with Gasteiger partial charge in [0.05, 0.1) is 6.26 Å². The van der Waals surface area contributed by atoms with E-state index in [9.17, 15) is 18.0 Å². The van der Waals surface area contributed by atoms with Crippen LogP contribution in [-0.4, -0.2) is 60.5 Å². The van der Waals surface area contributed by atoms with Gasteiger partial charge in [-0.15, -0.1) is 0 Å². The first-order valence-corrected chi connectivity index (χ1v) is 9.12. The molecular formula is C14H21N3O4S. The van der Waals surface area contributed by atoms with Gasteiger partial charge in [-0.2, -0.15) is 0 Å². The lowest BCUT2D eigenvalue weighted by Gasteiger charge is -2.21. The molecule has 2 rings (SSSR count). The van der Waals surface area contributed by atoms with E-state index in [4.69, 9.17) is 0 Å². The lowest BCUT2D eigenvalue weighted by molar-refractivity contribution is 0.0764. The minimum absolute atomic E-state index is 0.207. The van der Waals surface area contributed by atoms with Crippen LogP contribution in [-0.2, 0) is 16.6 Å². The molecule has 2 heterocycles. The Morgan fingerprint density at radius 2 is 1.95 bits per heavy atom. The Labute approximate surface area is 130 Å². The molecule has 1 amide bonds. The van der Waals surface area contributed by atoms with E-state index in [1.807, 2.05) is 6.92 Å². The van der Waals surface area contributed by atoms with Gasteiger partial charge in [-0.05, 0) is 19.4 Å². The van der Waals surface area contributed by atoms with Gasteiger partial charge in [0.1, 0.15) is 0 Å². The van der Waals surface area contributed by atoms with Gasteiger partial charge in [-0.25, -0.2) is 12.7 Å². The first kappa shape index (κ1) is 16.7. The second kappa shape index (κ2) is 6.62. The number of aryl methyl sites for hydroxylation is 1. The minimum atomic E-state index is -3.24. The van der Waals surface area contributed by atoms with E-state index < -0.39 is 10.0 Å². The summed E-state index contributed by atoms with van der Waals surface area (Å²) in [4.78, 5) is 25.9. The van der Waals surface area contributed by atoms with E-state index in [1.54, 1.807) is 17.2 Å². The zero-order valence-corrected chi connectivity index (χ0v) is 13.7. The molecule has 0 saturated carbocycles. The van der Waals surface area contributed by atoms with Gasteiger partial charge < -0.3 is 9.47 Å². The minimum Gasteiger partial charge on any atom is -0.337 e. The lowest BCUT2D eigenvalue weighted by Crippen LogP contribution is -2.37. The predicted octanol–water partition coefficient (Wildman–Crippen LogP) is -0.0243. The van der Waals surface area contributed by atoms with Gasteiger partial charge in [-0.1, -0.05) is 0 Å². The molecular weight excluding hydrogens is 306 g/mol. The monoisotopic (exact) mass is 327 g/mol. The van der Waals surface area contributed by atoms with E-state index in [0.717, 1.165) is 0 Å². The quantitative estimate of drug-likeness (QED) is 0.781. The number of aromatic nitrogens is 1. The molecule has 0 spiro atoms. The second-order valence-electron chi connectivity index (χ2n) is 5.35. The Bertz CT molecular complexity index is 711. The molecule has 0 radical (unpaired) electrons. The fourth-order valence-electron chi connectivity index (χ4n) is 2.51. The Balaban J connectivity index is 2.13. The number of amides is 1. The van der Waals surface area contributed by atoms with Crippen molar-refractivity contribution in [1.82, 2.24) is 13.8 Å². The molecule has 0 unspecified atom stereocenters. The maximum absolute atomic E-state index is 12.5. The van der Waals surface area contributed by atoms with Crippen molar-refractivity contribution >= 4 is 15.9 Å². The number of hydrogen-bond acceptors (Lipinski definition) is 4. The van der Waals surface area contributed by atoms with Gasteiger partial charge >= 0.3 is 0 Å². The molecule has 1 aliphatic heterocycles. The molecule has 1 aliphatic rings. The molecule has 1 aromatic rings.